The molecule has 0 saturated heterocycles. The van der Waals surface area contributed by atoms with Gasteiger partial charge >= 0.3 is 0 Å². The van der Waals surface area contributed by atoms with E-state index in [0.717, 1.165) is 28.1 Å². The monoisotopic (exact) mass is 394 g/mol. The van der Waals surface area contributed by atoms with Crippen molar-refractivity contribution < 1.29 is 4.79 Å². The molecule has 0 bridgehead atoms. The van der Waals surface area contributed by atoms with Crippen LogP contribution in [0.2, 0.25) is 0 Å². The number of benzene rings is 2. The number of thioether (sulfide) groups is 1. The van der Waals surface area contributed by atoms with Gasteiger partial charge < -0.3 is 11.2 Å². The molecule has 0 aliphatic rings. The second-order valence-electron chi connectivity index (χ2n) is 7.13. The van der Waals surface area contributed by atoms with Crippen molar-refractivity contribution in [2.24, 2.45) is 0 Å². The van der Waals surface area contributed by atoms with E-state index in [1.165, 1.54) is 16.4 Å². The van der Waals surface area contributed by atoms with E-state index in [2.05, 4.69) is 30.2 Å². The van der Waals surface area contributed by atoms with Crippen LogP contribution in [-0.2, 0) is 4.79 Å². The number of carbonyl (C=O) groups excluding carboxylic acids is 1. The first-order valence-corrected chi connectivity index (χ1v) is 10.2. The van der Waals surface area contributed by atoms with E-state index >= 15 is 0 Å². The number of aromatic nitrogens is 2. The van der Waals surface area contributed by atoms with Gasteiger partial charge in [-0.3, -0.25) is 4.79 Å². The molecule has 2 aromatic carbocycles. The first kappa shape index (κ1) is 20.0. The number of anilines is 1. The number of amides is 1. The van der Waals surface area contributed by atoms with Gasteiger partial charge in [-0.25, -0.2) is 9.66 Å². The van der Waals surface area contributed by atoms with E-state index < -0.39 is 0 Å². The van der Waals surface area contributed by atoms with Crippen LogP contribution in [0.15, 0.2) is 59.9 Å². The van der Waals surface area contributed by atoms with Crippen molar-refractivity contribution in [3.63, 3.8) is 0 Å². The Bertz CT molecular complexity index is 966. The average Bonchev–Trinajstić information content (AvgIpc) is 3.04. The van der Waals surface area contributed by atoms with Crippen LogP contribution >= 0.6 is 11.8 Å². The Labute approximate surface area is 170 Å². The van der Waals surface area contributed by atoms with E-state index in [1.54, 1.807) is 6.20 Å². The zero-order valence-electron chi connectivity index (χ0n) is 16.6. The van der Waals surface area contributed by atoms with Crippen molar-refractivity contribution in [3.8, 4) is 11.3 Å². The van der Waals surface area contributed by atoms with Crippen molar-refractivity contribution in [1.29, 1.82) is 0 Å². The topological polar surface area (TPSA) is 72.9 Å². The summed E-state index contributed by atoms with van der Waals surface area (Å²) in [6.45, 7) is 8.13. The Morgan fingerprint density at radius 1 is 1.11 bits per heavy atom. The van der Waals surface area contributed by atoms with Gasteiger partial charge in [0.15, 0.2) is 5.16 Å². The maximum Gasteiger partial charge on any atom is 0.237 e. The number of nitrogens with two attached hydrogens (primary N) is 1. The van der Waals surface area contributed by atoms with Crippen LogP contribution in [0, 0.1) is 6.92 Å². The fourth-order valence-corrected chi connectivity index (χ4v) is 3.80. The summed E-state index contributed by atoms with van der Waals surface area (Å²) in [6, 6.07) is 15.9. The molecule has 5 nitrogen and oxygen atoms in total. The smallest absolute Gasteiger partial charge is 0.237 e. The highest BCUT2D eigenvalue weighted by molar-refractivity contribution is 8.00. The van der Waals surface area contributed by atoms with E-state index in [0.29, 0.717) is 11.1 Å². The van der Waals surface area contributed by atoms with Gasteiger partial charge in [-0.2, -0.15) is 0 Å². The quantitative estimate of drug-likeness (QED) is 0.465. The lowest BCUT2D eigenvalue weighted by Gasteiger charge is -2.18. The largest absolute Gasteiger partial charge is 0.337 e. The summed E-state index contributed by atoms with van der Waals surface area (Å²) in [5, 5.41) is 3.37. The summed E-state index contributed by atoms with van der Waals surface area (Å²) >= 11 is 1.35. The lowest BCUT2D eigenvalue weighted by atomic mass is 9.98. The van der Waals surface area contributed by atoms with Gasteiger partial charge in [0.2, 0.25) is 5.91 Å². The van der Waals surface area contributed by atoms with Crippen LogP contribution in [0.5, 0.6) is 0 Å². The van der Waals surface area contributed by atoms with Crippen molar-refractivity contribution in [2.75, 3.05) is 11.2 Å². The zero-order chi connectivity index (χ0) is 20.3. The molecule has 0 aliphatic carbocycles. The third kappa shape index (κ3) is 4.39. The maximum absolute atomic E-state index is 12.8. The normalized spacial score (nSPS) is 12.2. The summed E-state index contributed by atoms with van der Waals surface area (Å²) < 4.78 is 1.48. The van der Waals surface area contributed by atoms with Gasteiger partial charge in [0, 0.05) is 11.3 Å². The van der Waals surface area contributed by atoms with Crippen molar-refractivity contribution in [2.45, 2.75) is 44.0 Å². The highest BCUT2D eigenvalue weighted by Crippen LogP contribution is 2.30. The number of nitrogens with one attached hydrogen (secondary N) is 1. The lowest BCUT2D eigenvalue weighted by Crippen LogP contribution is -2.24. The Balaban J connectivity index is 1.75. The van der Waals surface area contributed by atoms with E-state index in [-0.39, 0.29) is 11.2 Å². The van der Waals surface area contributed by atoms with Gasteiger partial charge in [0.1, 0.15) is 0 Å². The molecule has 0 radical (unpaired) electrons. The molecule has 146 valence electrons. The fourth-order valence-electron chi connectivity index (χ4n) is 2.99. The van der Waals surface area contributed by atoms with Crippen LogP contribution < -0.4 is 11.2 Å². The molecule has 3 N–H and O–H groups in total. The highest BCUT2D eigenvalue weighted by Gasteiger charge is 2.20. The molecule has 0 aliphatic heterocycles. The number of carbonyl (C=O) groups is 1. The molecule has 1 aromatic heterocycles. The molecule has 3 aromatic rings. The van der Waals surface area contributed by atoms with E-state index in [4.69, 9.17) is 5.84 Å². The molecule has 1 atom stereocenters. The molecule has 1 amide bonds. The van der Waals surface area contributed by atoms with Gasteiger partial charge in [-0.1, -0.05) is 74.1 Å². The molecule has 0 fully saturated rings. The van der Waals surface area contributed by atoms with Crippen molar-refractivity contribution in [1.82, 2.24) is 9.66 Å². The summed E-state index contributed by atoms with van der Waals surface area (Å²) in [5.41, 5.74) is 4.88. The minimum atomic E-state index is -0.340. The van der Waals surface area contributed by atoms with Gasteiger partial charge in [-0.05, 0) is 30.9 Å². The SMILES string of the molecule is Cc1cccc(C(C)C)c1NC(=O)C(C)Sc1nc(-c2ccccc2)cn1N. The second kappa shape index (κ2) is 8.52. The molecule has 1 unspecified atom stereocenters. The zero-order valence-corrected chi connectivity index (χ0v) is 17.5. The molecule has 28 heavy (non-hydrogen) atoms. The number of imidazole rings is 1. The Hall–Kier alpha value is -2.73. The maximum atomic E-state index is 12.8. The second-order valence-corrected chi connectivity index (χ2v) is 8.43. The Kier molecular flexibility index (Phi) is 6.09. The van der Waals surface area contributed by atoms with Crippen LogP contribution in [0.4, 0.5) is 5.69 Å². The number of hydrogen-bond donors (Lipinski definition) is 2. The standard InChI is InChI=1S/C22H26N4OS/c1-14(2)18-12-8-9-15(3)20(18)25-21(27)16(4)28-22-24-19(13-26(22)23)17-10-6-5-7-11-17/h5-14,16H,23H2,1-4H3,(H,25,27). The third-order valence-corrected chi connectivity index (χ3v) is 5.68. The molecular weight excluding hydrogens is 368 g/mol. The number of hydrogen-bond acceptors (Lipinski definition) is 4. The Morgan fingerprint density at radius 3 is 2.50 bits per heavy atom. The Morgan fingerprint density at radius 2 is 1.82 bits per heavy atom. The summed E-state index contributed by atoms with van der Waals surface area (Å²) in [6.07, 6.45) is 1.78. The van der Waals surface area contributed by atoms with E-state index in [1.807, 2.05) is 56.3 Å². The molecule has 0 spiro atoms. The summed E-state index contributed by atoms with van der Waals surface area (Å²) in [5.74, 6) is 6.33. The molecule has 6 heteroatoms. The average molecular weight is 395 g/mol. The van der Waals surface area contributed by atoms with Crippen LogP contribution in [0.1, 0.15) is 37.8 Å². The number of rotatable bonds is 6. The molecule has 1 heterocycles. The van der Waals surface area contributed by atoms with Crippen molar-refractivity contribution in [3.05, 3.63) is 65.9 Å². The predicted octanol–water partition coefficient (Wildman–Crippen LogP) is 4.82. The number of nitrogen functional groups attached to an aromatic ring is 1. The fraction of sp³-hybridized carbons (Fsp3) is 0.273. The highest BCUT2D eigenvalue weighted by atomic mass is 32.2. The van der Waals surface area contributed by atoms with Crippen LogP contribution in [0.3, 0.4) is 0 Å². The number of para-hydroxylation sites is 1. The summed E-state index contributed by atoms with van der Waals surface area (Å²) in [4.78, 5) is 17.4. The van der Waals surface area contributed by atoms with Gasteiger partial charge in [0.05, 0.1) is 17.1 Å². The first-order chi connectivity index (χ1) is 13.4. The van der Waals surface area contributed by atoms with Crippen LogP contribution in [-0.4, -0.2) is 20.8 Å². The third-order valence-electron chi connectivity index (χ3n) is 4.59. The summed E-state index contributed by atoms with van der Waals surface area (Å²) in [7, 11) is 0. The predicted molar refractivity (Wildman–Crippen MR) is 117 cm³/mol. The number of aryl methyl sites for hydroxylation is 1. The lowest BCUT2D eigenvalue weighted by molar-refractivity contribution is -0.115. The van der Waals surface area contributed by atoms with Gasteiger partial charge in [-0.15, -0.1) is 0 Å². The molecule has 0 saturated carbocycles. The minimum Gasteiger partial charge on any atom is -0.337 e. The first-order valence-electron chi connectivity index (χ1n) is 9.33. The van der Waals surface area contributed by atoms with Crippen LogP contribution in [0.25, 0.3) is 11.3 Å². The molecular formula is C22H26N4OS. The number of nitrogens with zero attached hydrogens (tertiary/aromatic N) is 2. The van der Waals surface area contributed by atoms with Gasteiger partial charge in [0.25, 0.3) is 0 Å². The van der Waals surface area contributed by atoms with E-state index in [9.17, 15) is 4.79 Å². The van der Waals surface area contributed by atoms with Crippen molar-refractivity contribution >= 4 is 23.4 Å². The minimum absolute atomic E-state index is 0.0644. The molecule has 3 rings (SSSR count).